The molecule has 0 saturated carbocycles. The third-order valence-corrected chi connectivity index (χ3v) is 6.31. The molecule has 0 spiro atoms. The summed E-state index contributed by atoms with van der Waals surface area (Å²) in [4.78, 5) is 12.8. The Balaban J connectivity index is 1.42. The van der Waals surface area contributed by atoms with E-state index in [0.717, 1.165) is 36.6 Å². The molecule has 0 saturated heterocycles. The van der Waals surface area contributed by atoms with E-state index in [4.69, 9.17) is 5.73 Å². The molecule has 0 radical (unpaired) electrons. The van der Waals surface area contributed by atoms with Crippen LogP contribution in [0, 0.1) is 6.92 Å². The monoisotopic (exact) mass is 376 g/mol. The Kier molecular flexibility index (Phi) is 6.01. The van der Waals surface area contributed by atoms with Crippen molar-refractivity contribution >= 4 is 40.0 Å². The highest BCUT2D eigenvalue weighted by atomic mass is 32.1. The van der Waals surface area contributed by atoms with Crippen molar-refractivity contribution in [1.82, 2.24) is 10.3 Å². The Morgan fingerprint density at radius 3 is 2.88 bits per heavy atom. The first-order valence-corrected chi connectivity index (χ1v) is 10.4. The third-order valence-electron chi connectivity index (χ3n) is 3.43. The number of hydrogen-bond donors (Lipinski definition) is 2. The highest BCUT2D eigenvalue weighted by molar-refractivity contribution is 7.16. The number of nitrogens with one attached hydrogen (secondary N) is 1. The van der Waals surface area contributed by atoms with Gasteiger partial charge in [-0.15, -0.1) is 34.0 Å². The molecule has 3 aromatic rings. The number of aryl methyl sites for hydroxylation is 1. The van der Waals surface area contributed by atoms with Crippen molar-refractivity contribution < 1.29 is 0 Å². The van der Waals surface area contributed by atoms with Gasteiger partial charge in [0.1, 0.15) is 0 Å². The summed E-state index contributed by atoms with van der Waals surface area (Å²) in [5, 5.41) is 8.49. The maximum atomic E-state index is 5.91. The number of aliphatic imine (C=N–C) groups is 1. The molecule has 0 aromatic carbocycles. The van der Waals surface area contributed by atoms with Gasteiger partial charge >= 0.3 is 0 Å². The number of thiophene rings is 2. The average Bonchev–Trinajstić information content (AvgIpc) is 3.28. The molecule has 3 aromatic heterocycles. The smallest absolute Gasteiger partial charge is 0.188 e. The molecule has 0 unspecified atom stereocenters. The summed E-state index contributed by atoms with van der Waals surface area (Å²) >= 11 is 5.24. The van der Waals surface area contributed by atoms with Crippen molar-refractivity contribution in [2.24, 2.45) is 10.7 Å². The summed E-state index contributed by atoms with van der Waals surface area (Å²) in [6.45, 7) is 3.56. The molecule has 0 aliphatic heterocycles. The Hall–Kier alpha value is -1.70. The first-order valence-electron chi connectivity index (χ1n) is 7.78. The number of aromatic nitrogens is 1. The lowest BCUT2D eigenvalue weighted by atomic mass is 10.3. The van der Waals surface area contributed by atoms with Crippen LogP contribution in [-0.2, 0) is 12.8 Å². The lowest BCUT2D eigenvalue weighted by molar-refractivity contribution is 0.854. The number of thiazole rings is 1. The molecule has 4 nitrogen and oxygen atoms in total. The molecule has 3 N–H and O–H groups in total. The summed E-state index contributed by atoms with van der Waals surface area (Å²) in [5.74, 6) is 0.526. The fourth-order valence-corrected chi connectivity index (χ4v) is 4.59. The highest BCUT2D eigenvalue weighted by Gasteiger charge is 2.06. The van der Waals surface area contributed by atoms with Gasteiger partial charge in [0, 0.05) is 34.6 Å². The molecule has 126 valence electrons. The second-order valence-electron chi connectivity index (χ2n) is 5.29. The van der Waals surface area contributed by atoms with Gasteiger partial charge in [-0.05, 0) is 36.9 Å². The fourth-order valence-electron chi connectivity index (χ4n) is 2.24. The topological polar surface area (TPSA) is 63.3 Å². The maximum Gasteiger partial charge on any atom is 0.188 e. The lowest BCUT2D eigenvalue weighted by Gasteiger charge is -2.04. The van der Waals surface area contributed by atoms with Crippen LogP contribution in [0.5, 0.6) is 0 Å². The molecule has 0 amide bonds. The largest absolute Gasteiger partial charge is 0.370 e. The predicted molar refractivity (Wildman–Crippen MR) is 106 cm³/mol. The van der Waals surface area contributed by atoms with Gasteiger partial charge < -0.3 is 11.1 Å². The number of nitrogens with two attached hydrogens (primary N) is 1. The van der Waals surface area contributed by atoms with Crippen LogP contribution >= 0.6 is 34.0 Å². The molecular formula is C17H20N4S3. The predicted octanol–water partition coefficient (Wildman–Crippen LogP) is 3.93. The third kappa shape index (κ3) is 4.90. The average molecular weight is 377 g/mol. The van der Waals surface area contributed by atoms with Crippen LogP contribution in [0.25, 0.3) is 10.6 Å². The Morgan fingerprint density at radius 2 is 2.12 bits per heavy atom. The summed E-state index contributed by atoms with van der Waals surface area (Å²) in [7, 11) is 0. The zero-order valence-electron chi connectivity index (χ0n) is 13.5. The van der Waals surface area contributed by atoms with Crippen molar-refractivity contribution in [3.63, 3.8) is 0 Å². The molecule has 0 bridgehead atoms. The van der Waals surface area contributed by atoms with Gasteiger partial charge in [0.05, 0.1) is 15.6 Å². The summed E-state index contributed by atoms with van der Waals surface area (Å²) in [6.07, 6.45) is 1.89. The van der Waals surface area contributed by atoms with Crippen molar-refractivity contribution in [1.29, 1.82) is 0 Å². The Labute approximate surface area is 154 Å². The van der Waals surface area contributed by atoms with E-state index in [-0.39, 0.29) is 0 Å². The first kappa shape index (κ1) is 17.1. The molecule has 24 heavy (non-hydrogen) atoms. The van der Waals surface area contributed by atoms with E-state index >= 15 is 0 Å². The Morgan fingerprint density at radius 1 is 1.21 bits per heavy atom. The molecule has 3 heterocycles. The van der Waals surface area contributed by atoms with Crippen LogP contribution in [0.2, 0.25) is 0 Å². The maximum absolute atomic E-state index is 5.91. The van der Waals surface area contributed by atoms with E-state index in [9.17, 15) is 0 Å². The molecule has 0 aliphatic rings. The number of rotatable bonds is 7. The summed E-state index contributed by atoms with van der Waals surface area (Å²) in [5.41, 5.74) is 6.99. The van der Waals surface area contributed by atoms with Crippen molar-refractivity contribution in [2.45, 2.75) is 19.8 Å². The number of nitrogens with zero attached hydrogens (tertiary/aromatic N) is 2. The van der Waals surface area contributed by atoms with Crippen molar-refractivity contribution in [3.8, 4) is 10.6 Å². The van der Waals surface area contributed by atoms with Gasteiger partial charge in [0.15, 0.2) is 5.96 Å². The van der Waals surface area contributed by atoms with E-state index in [1.807, 2.05) is 6.92 Å². The number of hydrogen-bond acceptors (Lipinski definition) is 5. The van der Waals surface area contributed by atoms with Gasteiger partial charge in [-0.2, -0.15) is 0 Å². The Bertz CT molecular complexity index is 786. The van der Waals surface area contributed by atoms with E-state index in [1.165, 1.54) is 14.6 Å². The van der Waals surface area contributed by atoms with Gasteiger partial charge in [0.2, 0.25) is 0 Å². The van der Waals surface area contributed by atoms with Gasteiger partial charge in [-0.1, -0.05) is 6.07 Å². The zero-order chi connectivity index (χ0) is 16.8. The SMILES string of the molecule is Cc1nc(-c2ccc(CCNC(N)=NCCc3cccs3)s2)cs1. The summed E-state index contributed by atoms with van der Waals surface area (Å²) in [6, 6.07) is 8.50. The molecular weight excluding hydrogens is 356 g/mol. The standard InChI is InChI=1S/C17H20N4S3/c1-12-21-15(11-23-12)16-5-4-14(24-16)7-9-20-17(18)19-8-6-13-3-2-10-22-13/h2-5,10-11H,6-9H2,1H3,(H3,18,19,20). The minimum absolute atomic E-state index is 0.526. The molecule has 0 atom stereocenters. The minimum Gasteiger partial charge on any atom is -0.370 e. The normalized spacial score (nSPS) is 11.8. The summed E-state index contributed by atoms with van der Waals surface area (Å²) < 4.78 is 0. The molecule has 0 aliphatic carbocycles. The van der Waals surface area contributed by atoms with E-state index in [0.29, 0.717) is 5.96 Å². The molecule has 7 heteroatoms. The second-order valence-corrected chi connectivity index (χ2v) is 8.55. The van der Waals surface area contributed by atoms with Gasteiger partial charge in [0.25, 0.3) is 0 Å². The van der Waals surface area contributed by atoms with Gasteiger partial charge in [-0.25, -0.2) is 4.98 Å². The van der Waals surface area contributed by atoms with Crippen LogP contribution in [-0.4, -0.2) is 24.0 Å². The van der Waals surface area contributed by atoms with Crippen LogP contribution < -0.4 is 11.1 Å². The second kappa shape index (κ2) is 8.41. The highest BCUT2D eigenvalue weighted by Crippen LogP contribution is 2.29. The van der Waals surface area contributed by atoms with E-state index in [2.05, 4.69) is 50.3 Å². The minimum atomic E-state index is 0.526. The van der Waals surface area contributed by atoms with Crippen molar-refractivity contribution in [2.75, 3.05) is 13.1 Å². The van der Waals surface area contributed by atoms with Crippen LogP contribution in [0.1, 0.15) is 14.8 Å². The number of guanidine groups is 1. The van der Waals surface area contributed by atoms with Crippen LogP contribution in [0.15, 0.2) is 40.0 Å². The first-order chi connectivity index (χ1) is 11.7. The quantitative estimate of drug-likeness (QED) is 0.485. The van der Waals surface area contributed by atoms with Crippen LogP contribution in [0.4, 0.5) is 0 Å². The van der Waals surface area contributed by atoms with Crippen molar-refractivity contribution in [3.05, 3.63) is 49.8 Å². The molecule has 3 rings (SSSR count). The molecule has 0 fully saturated rings. The van der Waals surface area contributed by atoms with E-state index < -0.39 is 0 Å². The fraction of sp³-hybridized carbons (Fsp3) is 0.294. The van der Waals surface area contributed by atoms with Gasteiger partial charge in [-0.3, -0.25) is 4.99 Å². The lowest BCUT2D eigenvalue weighted by Crippen LogP contribution is -2.33. The van der Waals surface area contributed by atoms with Crippen LogP contribution in [0.3, 0.4) is 0 Å². The zero-order valence-corrected chi connectivity index (χ0v) is 15.9. The van der Waals surface area contributed by atoms with E-state index in [1.54, 1.807) is 34.0 Å².